The Kier molecular flexibility index (Phi) is 10.5. The molecule has 0 aliphatic heterocycles. The van der Waals surface area contributed by atoms with Crippen molar-refractivity contribution in [1.29, 1.82) is 0 Å². The fourth-order valence-electron chi connectivity index (χ4n) is 4.72. The van der Waals surface area contributed by atoms with Gasteiger partial charge in [0.25, 0.3) is 0 Å². The average Bonchev–Trinajstić information content (AvgIpc) is 3.77. The zero-order valence-corrected chi connectivity index (χ0v) is 24.3. The van der Waals surface area contributed by atoms with Crippen LogP contribution in [0.25, 0.3) is 0 Å². The smallest absolute Gasteiger partial charge is 0.399 e. The first-order valence-electron chi connectivity index (χ1n) is 14.5. The van der Waals surface area contributed by atoms with E-state index in [1.54, 1.807) is 6.92 Å². The van der Waals surface area contributed by atoms with Gasteiger partial charge in [0.2, 0.25) is 0 Å². The van der Waals surface area contributed by atoms with E-state index in [0.29, 0.717) is 35.3 Å². The first-order chi connectivity index (χ1) is 20.2. The minimum absolute atomic E-state index is 0.225. The highest BCUT2D eigenvalue weighted by Gasteiger charge is 2.32. The topological polar surface area (TPSA) is 59.3 Å². The summed E-state index contributed by atoms with van der Waals surface area (Å²) >= 11 is 0. The van der Waals surface area contributed by atoms with E-state index in [2.05, 4.69) is 24.1 Å². The van der Waals surface area contributed by atoms with Crippen molar-refractivity contribution >= 4 is 17.1 Å². The van der Waals surface area contributed by atoms with Gasteiger partial charge in [0.05, 0.1) is 23.6 Å². The Hall–Kier alpha value is -3.97. The van der Waals surface area contributed by atoms with Crippen molar-refractivity contribution in [1.82, 2.24) is 0 Å². The lowest BCUT2D eigenvalue weighted by Gasteiger charge is -2.21. The molecule has 4 nitrogen and oxygen atoms in total. The molecule has 1 aliphatic rings. The molecule has 7 heteroatoms. The van der Waals surface area contributed by atoms with Gasteiger partial charge >= 0.3 is 6.18 Å². The van der Waals surface area contributed by atoms with Gasteiger partial charge in [-0.25, -0.2) is 0 Å². The number of allylic oxidation sites excluding steroid dienone is 3. The van der Waals surface area contributed by atoms with Crippen LogP contribution in [-0.4, -0.2) is 12.8 Å². The van der Waals surface area contributed by atoms with Crippen LogP contribution in [-0.2, 0) is 11.2 Å². The standard InChI is InChI=1S/C35H40F3N3O/c1-4-9-25-11-6-15-31(19-25)41-33(22-29(10-5-2)35(36,37)38)24(3)40-32-16-8-13-28(21-32)34(42-23-26-17-18-26)27-12-7-14-30(39)20-27/h6-8,10-16,19-22,26,34,40-41H,3-5,9,17-18,23,39H2,1-2H3/b29-10-,33-22-. The molecule has 4 rings (SSSR count). The van der Waals surface area contributed by atoms with Gasteiger partial charge in [-0.05, 0) is 90.8 Å². The van der Waals surface area contributed by atoms with Crippen LogP contribution < -0.4 is 16.4 Å². The molecule has 0 spiro atoms. The molecule has 3 aromatic carbocycles. The van der Waals surface area contributed by atoms with Crippen LogP contribution in [0.3, 0.4) is 0 Å². The SMILES string of the molecule is C=C(Nc1cccc(C(OCC2CC2)c2cccc(N)c2)c1)/C(=C/C(=C/CC)C(F)(F)F)Nc1cccc(CCC)c1. The van der Waals surface area contributed by atoms with Crippen molar-refractivity contribution < 1.29 is 17.9 Å². The third kappa shape index (κ3) is 9.02. The van der Waals surface area contributed by atoms with Crippen molar-refractivity contribution in [3.8, 4) is 0 Å². The molecule has 0 saturated heterocycles. The molecular weight excluding hydrogens is 535 g/mol. The van der Waals surface area contributed by atoms with E-state index < -0.39 is 11.7 Å². The second kappa shape index (κ2) is 14.3. The van der Waals surface area contributed by atoms with Crippen LogP contribution in [0.5, 0.6) is 0 Å². The molecule has 1 aliphatic carbocycles. The van der Waals surface area contributed by atoms with E-state index >= 15 is 0 Å². The number of nitrogen functional groups attached to an aromatic ring is 1. The molecule has 0 heterocycles. The molecule has 42 heavy (non-hydrogen) atoms. The number of alkyl halides is 3. The fourth-order valence-corrected chi connectivity index (χ4v) is 4.72. The van der Waals surface area contributed by atoms with Crippen molar-refractivity contribution in [2.75, 3.05) is 23.0 Å². The Labute approximate surface area is 247 Å². The number of hydrogen-bond acceptors (Lipinski definition) is 4. The quantitative estimate of drug-likeness (QED) is 0.132. The fraction of sp³-hybridized carbons (Fsp3) is 0.314. The Bertz CT molecular complexity index is 1420. The summed E-state index contributed by atoms with van der Waals surface area (Å²) in [5, 5.41) is 6.42. The van der Waals surface area contributed by atoms with Gasteiger partial charge in [-0.2, -0.15) is 13.2 Å². The van der Waals surface area contributed by atoms with E-state index in [0.717, 1.165) is 35.6 Å². The van der Waals surface area contributed by atoms with Crippen LogP contribution >= 0.6 is 0 Å². The highest BCUT2D eigenvalue weighted by atomic mass is 19.4. The number of nitrogens with two attached hydrogens (primary N) is 1. The highest BCUT2D eigenvalue weighted by molar-refractivity contribution is 5.62. The third-order valence-corrected chi connectivity index (χ3v) is 7.01. The molecule has 1 atom stereocenters. The maximum absolute atomic E-state index is 13.9. The van der Waals surface area contributed by atoms with E-state index in [1.807, 2.05) is 72.8 Å². The summed E-state index contributed by atoms with van der Waals surface area (Å²) in [6, 6.07) is 23.0. The van der Waals surface area contributed by atoms with Gasteiger partial charge < -0.3 is 21.1 Å². The first kappa shape index (κ1) is 31.0. The van der Waals surface area contributed by atoms with E-state index in [4.69, 9.17) is 10.5 Å². The largest absolute Gasteiger partial charge is 0.416 e. The zero-order valence-electron chi connectivity index (χ0n) is 24.3. The maximum Gasteiger partial charge on any atom is 0.416 e. The number of halogens is 3. The van der Waals surface area contributed by atoms with Crippen LogP contribution in [0.4, 0.5) is 30.2 Å². The molecule has 0 radical (unpaired) electrons. The number of anilines is 3. The Morgan fingerprint density at radius 1 is 0.976 bits per heavy atom. The molecule has 0 bridgehead atoms. The Morgan fingerprint density at radius 3 is 2.29 bits per heavy atom. The molecule has 4 N–H and O–H groups in total. The molecule has 3 aromatic rings. The van der Waals surface area contributed by atoms with Crippen molar-refractivity contribution in [2.45, 2.75) is 58.2 Å². The lowest BCUT2D eigenvalue weighted by atomic mass is 10.00. The van der Waals surface area contributed by atoms with Gasteiger partial charge in [-0.15, -0.1) is 0 Å². The molecule has 1 fully saturated rings. The average molecular weight is 576 g/mol. The maximum atomic E-state index is 13.9. The summed E-state index contributed by atoms with van der Waals surface area (Å²) in [6.45, 7) is 8.55. The number of nitrogens with one attached hydrogen (secondary N) is 2. The van der Waals surface area contributed by atoms with Crippen molar-refractivity contribution in [2.24, 2.45) is 5.92 Å². The van der Waals surface area contributed by atoms with E-state index in [-0.39, 0.29) is 18.2 Å². The molecule has 1 unspecified atom stereocenters. The summed E-state index contributed by atoms with van der Waals surface area (Å²) < 4.78 is 48.1. The number of benzene rings is 3. The first-order valence-corrected chi connectivity index (χ1v) is 14.5. The second-order valence-corrected chi connectivity index (χ2v) is 10.8. The summed E-state index contributed by atoms with van der Waals surface area (Å²) in [4.78, 5) is 0. The van der Waals surface area contributed by atoms with Gasteiger partial charge in [0, 0.05) is 17.1 Å². The summed E-state index contributed by atoms with van der Waals surface area (Å²) in [6.07, 6.45) is 1.89. The molecule has 0 aromatic heterocycles. The summed E-state index contributed by atoms with van der Waals surface area (Å²) in [5.74, 6) is 0.572. The van der Waals surface area contributed by atoms with Crippen molar-refractivity contribution in [3.05, 3.63) is 125 Å². The van der Waals surface area contributed by atoms with Crippen LogP contribution in [0, 0.1) is 5.92 Å². The second-order valence-electron chi connectivity index (χ2n) is 10.8. The van der Waals surface area contributed by atoms with E-state index in [9.17, 15) is 13.2 Å². The molecule has 222 valence electrons. The number of aryl methyl sites for hydroxylation is 1. The van der Waals surface area contributed by atoms with Crippen LogP contribution in [0.15, 0.2) is 108 Å². The number of ether oxygens (including phenoxy) is 1. The molecule has 0 amide bonds. The normalized spacial score (nSPS) is 14.9. The Balaban J connectivity index is 1.64. The lowest BCUT2D eigenvalue weighted by molar-refractivity contribution is -0.0884. The highest BCUT2D eigenvalue weighted by Crippen LogP contribution is 2.35. The van der Waals surface area contributed by atoms with E-state index in [1.165, 1.54) is 18.9 Å². The number of hydrogen-bond donors (Lipinski definition) is 3. The zero-order chi connectivity index (χ0) is 30.1. The van der Waals surface area contributed by atoms with Crippen molar-refractivity contribution in [3.63, 3.8) is 0 Å². The monoisotopic (exact) mass is 575 g/mol. The van der Waals surface area contributed by atoms with Crippen LogP contribution in [0.2, 0.25) is 0 Å². The minimum Gasteiger partial charge on any atom is -0.399 e. The van der Waals surface area contributed by atoms with Crippen LogP contribution in [0.1, 0.15) is 62.3 Å². The van der Waals surface area contributed by atoms with Gasteiger partial charge in [0.1, 0.15) is 6.10 Å². The summed E-state index contributed by atoms with van der Waals surface area (Å²) in [7, 11) is 0. The van der Waals surface area contributed by atoms with Gasteiger partial charge in [-0.1, -0.05) is 69.3 Å². The lowest BCUT2D eigenvalue weighted by Crippen LogP contribution is -2.15. The number of rotatable bonds is 14. The predicted molar refractivity (Wildman–Crippen MR) is 167 cm³/mol. The van der Waals surface area contributed by atoms with Gasteiger partial charge in [0.15, 0.2) is 0 Å². The van der Waals surface area contributed by atoms with Gasteiger partial charge in [-0.3, -0.25) is 0 Å². The third-order valence-electron chi connectivity index (χ3n) is 7.01. The summed E-state index contributed by atoms with van der Waals surface area (Å²) in [5.41, 5.74) is 10.9. The molecule has 1 saturated carbocycles. The predicted octanol–water partition coefficient (Wildman–Crippen LogP) is 9.56. The molecular formula is C35H40F3N3O. The Morgan fingerprint density at radius 2 is 1.64 bits per heavy atom. The minimum atomic E-state index is -4.50.